The summed E-state index contributed by atoms with van der Waals surface area (Å²) in [6, 6.07) is 13.2. The highest BCUT2D eigenvalue weighted by atomic mass is 19.3. The molecule has 0 aliphatic rings. The molecule has 2 aromatic rings. The summed E-state index contributed by atoms with van der Waals surface area (Å²) in [6.07, 6.45) is 0. The molecule has 2 aromatic carbocycles. The molecular formula is C15H14F2. The van der Waals surface area contributed by atoms with Gasteiger partial charge in [0, 0.05) is 11.1 Å². The molecule has 0 heterocycles. The van der Waals surface area contributed by atoms with E-state index in [-0.39, 0.29) is 11.1 Å². The molecule has 0 unspecified atom stereocenters. The first kappa shape index (κ1) is 11.8. The molecule has 88 valence electrons. The molecule has 0 amide bonds. The smallest absolute Gasteiger partial charge is 0.196 e. The SMILES string of the molecule is Cc1ccccc1C(F)(F)c1ccccc1C. The van der Waals surface area contributed by atoms with Crippen LogP contribution in [-0.2, 0) is 5.92 Å². The molecule has 0 saturated heterocycles. The van der Waals surface area contributed by atoms with E-state index in [1.165, 1.54) is 12.1 Å². The molecule has 0 bridgehead atoms. The van der Waals surface area contributed by atoms with Crippen molar-refractivity contribution in [1.82, 2.24) is 0 Å². The standard InChI is InChI=1S/C15H14F2/c1-11-7-3-5-9-13(11)15(16,17)14-10-6-4-8-12(14)2/h3-10H,1-2H3. The normalized spacial score (nSPS) is 11.5. The van der Waals surface area contributed by atoms with Gasteiger partial charge in [0.25, 0.3) is 5.92 Å². The van der Waals surface area contributed by atoms with E-state index in [4.69, 9.17) is 0 Å². The Kier molecular flexibility index (Phi) is 2.97. The Bertz CT molecular complexity index is 482. The third-order valence-electron chi connectivity index (χ3n) is 2.97. The van der Waals surface area contributed by atoms with Gasteiger partial charge in [0.2, 0.25) is 0 Å². The third kappa shape index (κ3) is 2.07. The van der Waals surface area contributed by atoms with E-state index in [1.807, 2.05) is 0 Å². The predicted molar refractivity (Wildman–Crippen MR) is 65.4 cm³/mol. The molecule has 0 radical (unpaired) electrons. The predicted octanol–water partition coefficient (Wildman–Crippen LogP) is 4.44. The lowest BCUT2D eigenvalue weighted by Gasteiger charge is -2.21. The number of hydrogen-bond acceptors (Lipinski definition) is 0. The van der Waals surface area contributed by atoms with Gasteiger partial charge in [-0.3, -0.25) is 0 Å². The first-order chi connectivity index (χ1) is 8.03. The summed E-state index contributed by atoms with van der Waals surface area (Å²) in [5.74, 6) is -2.93. The van der Waals surface area contributed by atoms with Gasteiger partial charge in [-0.2, -0.15) is 8.78 Å². The van der Waals surface area contributed by atoms with Crippen molar-refractivity contribution in [2.24, 2.45) is 0 Å². The van der Waals surface area contributed by atoms with Crippen molar-refractivity contribution < 1.29 is 8.78 Å². The molecule has 0 aromatic heterocycles. The van der Waals surface area contributed by atoms with Gasteiger partial charge < -0.3 is 0 Å². The fourth-order valence-corrected chi connectivity index (χ4v) is 2.00. The van der Waals surface area contributed by atoms with Crippen molar-refractivity contribution in [2.75, 3.05) is 0 Å². The first-order valence-electron chi connectivity index (χ1n) is 5.53. The summed E-state index contributed by atoms with van der Waals surface area (Å²) in [5, 5.41) is 0. The Morgan fingerprint density at radius 2 is 1.06 bits per heavy atom. The van der Waals surface area contributed by atoms with Gasteiger partial charge in [-0.25, -0.2) is 0 Å². The Balaban J connectivity index is 2.58. The van der Waals surface area contributed by atoms with Crippen LogP contribution < -0.4 is 0 Å². The number of halogens is 2. The minimum absolute atomic E-state index is 0.0781. The maximum atomic E-state index is 14.4. The number of rotatable bonds is 2. The molecule has 0 aliphatic heterocycles. The Morgan fingerprint density at radius 3 is 1.41 bits per heavy atom. The van der Waals surface area contributed by atoms with E-state index in [0.717, 1.165) is 0 Å². The minimum atomic E-state index is -2.93. The van der Waals surface area contributed by atoms with E-state index in [0.29, 0.717) is 11.1 Å². The maximum absolute atomic E-state index is 14.4. The highest BCUT2D eigenvalue weighted by Gasteiger charge is 2.36. The quantitative estimate of drug-likeness (QED) is 0.718. The summed E-state index contributed by atoms with van der Waals surface area (Å²) in [7, 11) is 0. The number of aryl methyl sites for hydroxylation is 2. The summed E-state index contributed by atoms with van der Waals surface area (Å²) < 4.78 is 28.8. The topological polar surface area (TPSA) is 0 Å². The van der Waals surface area contributed by atoms with Crippen molar-refractivity contribution in [3.63, 3.8) is 0 Å². The zero-order chi connectivity index (χ0) is 12.5. The van der Waals surface area contributed by atoms with Crippen molar-refractivity contribution in [3.05, 3.63) is 70.8 Å². The molecule has 17 heavy (non-hydrogen) atoms. The average molecular weight is 232 g/mol. The van der Waals surface area contributed by atoms with Crippen LogP contribution in [0.3, 0.4) is 0 Å². The van der Waals surface area contributed by atoms with Gasteiger partial charge >= 0.3 is 0 Å². The van der Waals surface area contributed by atoms with Gasteiger partial charge in [-0.05, 0) is 25.0 Å². The fraction of sp³-hybridized carbons (Fsp3) is 0.200. The molecule has 0 fully saturated rings. The fourth-order valence-electron chi connectivity index (χ4n) is 2.00. The highest BCUT2D eigenvalue weighted by molar-refractivity contribution is 5.41. The number of alkyl halides is 2. The van der Waals surface area contributed by atoms with Crippen molar-refractivity contribution in [1.29, 1.82) is 0 Å². The highest BCUT2D eigenvalue weighted by Crippen LogP contribution is 2.38. The first-order valence-corrected chi connectivity index (χ1v) is 5.53. The monoisotopic (exact) mass is 232 g/mol. The van der Waals surface area contributed by atoms with E-state index in [1.54, 1.807) is 50.2 Å². The van der Waals surface area contributed by atoms with Crippen molar-refractivity contribution >= 4 is 0 Å². The van der Waals surface area contributed by atoms with Crippen LogP contribution in [0.4, 0.5) is 8.78 Å². The van der Waals surface area contributed by atoms with Crippen LogP contribution in [0.1, 0.15) is 22.3 Å². The summed E-state index contributed by atoms with van der Waals surface area (Å²) in [5.41, 5.74) is 1.38. The van der Waals surface area contributed by atoms with Crippen LogP contribution in [0.25, 0.3) is 0 Å². The molecule has 0 aliphatic carbocycles. The van der Waals surface area contributed by atoms with E-state index in [9.17, 15) is 8.78 Å². The van der Waals surface area contributed by atoms with Gasteiger partial charge in [0.1, 0.15) is 0 Å². The van der Waals surface area contributed by atoms with Gasteiger partial charge in [0.15, 0.2) is 0 Å². The molecule has 2 rings (SSSR count). The maximum Gasteiger partial charge on any atom is 0.298 e. The summed E-state index contributed by atoms with van der Waals surface area (Å²) in [4.78, 5) is 0. The third-order valence-corrected chi connectivity index (χ3v) is 2.97. The van der Waals surface area contributed by atoms with Crippen LogP contribution in [0.2, 0.25) is 0 Å². The van der Waals surface area contributed by atoms with Crippen LogP contribution >= 0.6 is 0 Å². The zero-order valence-electron chi connectivity index (χ0n) is 9.87. The van der Waals surface area contributed by atoms with Crippen molar-refractivity contribution in [3.8, 4) is 0 Å². The lowest BCUT2D eigenvalue weighted by atomic mass is 9.94. The average Bonchev–Trinajstić information content (AvgIpc) is 2.29. The molecule has 2 heteroatoms. The summed E-state index contributed by atoms with van der Waals surface area (Å²) >= 11 is 0. The second kappa shape index (κ2) is 4.28. The summed E-state index contributed by atoms with van der Waals surface area (Å²) in [6.45, 7) is 3.42. The van der Waals surface area contributed by atoms with E-state index >= 15 is 0 Å². The van der Waals surface area contributed by atoms with E-state index < -0.39 is 5.92 Å². The largest absolute Gasteiger partial charge is 0.298 e. The lowest BCUT2D eigenvalue weighted by Crippen LogP contribution is -2.18. The second-order valence-electron chi connectivity index (χ2n) is 4.20. The van der Waals surface area contributed by atoms with Gasteiger partial charge in [-0.15, -0.1) is 0 Å². The second-order valence-corrected chi connectivity index (χ2v) is 4.20. The van der Waals surface area contributed by atoms with Crippen LogP contribution in [0.5, 0.6) is 0 Å². The number of hydrogen-bond donors (Lipinski definition) is 0. The molecule has 0 saturated carbocycles. The Hall–Kier alpha value is -1.70. The van der Waals surface area contributed by atoms with Crippen molar-refractivity contribution in [2.45, 2.75) is 19.8 Å². The molecular weight excluding hydrogens is 218 g/mol. The lowest BCUT2D eigenvalue weighted by molar-refractivity contribution is 0.0415. The molecule has 0 atom stereocenters. The minimum Gasteiger partial charge on any atom is -0.196 e. The Labute approximate surface area is 99.9 Å². The molecule has 0 spiro atoms. The van der Waals surface area contributed by atoms with Gasteiger partial charge in [0.05, 0.1) is 0 Å². The van der Waals surface area contributed by atoms with Crippen LogP contribution in [-0.4, -0.2) is 0 Å². The Morgan fingerprint density at radius 1 is 0.706 bits per heavy atom. The van der Waals surface area contributed by atoms with Gasteiger partial charge in [-0.1, -0.05) is 48.5 Å². The van der Waals surface area contributed by atoms with Crippen LogP contribution in [0.15, 0.2) is 48.5 Å². The van der Waals surface area contributed by atoms with Crippen LogP contribution in [0, 0.1) is 13.8 Å². The number of benzene rings is 2. The molecule has 0 nitrogen and oxygen atoms in total. The molecule has 0 N–H and O–H groups in total. The van der Waals surface area contributed by atoms with E-state index in [2.05, 4.69) is 0 Å². The zero-order valence-corrected chi connectivity index (χ0v) is 9.87.